The molecule has 0 saturated heterocycles. The fraction of sp³-hybridized carbons (Fsp3) is 0.300. The second-order valence-electron chi connectivity index (χ2n) is 6.66. The maximum atomic E-state index is 12.4. The van der Waals surface area contributed by atoms with Crippen LogP contribution in [0, 0.1) is 0 Å². The van der Waals surface area contributed by atoms with Gasteiger partial charge in [-0.25, -0.2) is 4.98 Å². The summed E-state index contributed by atoms with van der Waals surface area (Å²) in [6, 6.07) is 6.30. The summed E-state index contributed by atoms with van der Waals surface area (Å²) in [5, 5.41) is 5.98. The van der Waals surface area contributed by atoms with Crippen molar-refractivity contribution in [1.82, 2.24) is 14.9 Å². The third kappa shape index (κ3) is 5.19. The molecule has 0 aliphatic heterocycles. The van der Waals surface area contributed by atoms with Gasteiger partial charge in [0.1, 0.15) is 4.83 Å². The molecule has 1 aromatic carbocycles. The van der Waals surface area contributed by atoms with Crippen molar-refractivity contribution >= 4 is 56.6 Å². The molecule has 0 spiro atoms. The molecule has 2 unspecified atom stereocenters. The van der Waals surface area contributed by atoms with E-state index >= 15 is 0 Å². The lowest BCUT2D eigenvalue weighted by Crippen LogP contribution is -2.37. The van der Waals surface area contributed by atoms with Crippen LogP contribution in [0.25, 0.3) is 10.2 Å². The van der Waals surface area contributed by atoms with Crippen LogP contribution in [0.15, 0.2) is 40.8 Å². The fourth-order valence-corrected chi connectivity index (χ4v) is 4.13. The Labute approximate surface area is 186 Å². The van der Waals surface area contributed by atoms with Gasteiger partial charge < -0.3 is 10.1 Å². The number of halogens is 2. The summed E-state index contributed by atoms with van der Waals surface area (Å²) in [5.41, 5.74) is 0.483. The molecule has 3 rings (SSSR count). The van der Waals surface area contributed by atoms with E-state index in [2.05, 4.69) is 10.3 Å². The van der Waals surface area contributed by atoms with Gasteiger partial charge in [0.2, 0.25) is 0 Å². The number of nitrogens with zero attached hydrogens (tertiary/aromatic N) is 2. The molecule has 30 heavy (non-hydrogen) atoms. The molecule has 158 valence electrons. The van der Waals surface area contributed by atoms with Crippen LogP contribution in [0.5, 0.6) is 0 Å². The highest BCUT2D eigenvalue weighted by molar-refractivity contribution is 7.16. The van der Waals surface area contributed by atoms with Crippen LogP contribution >= 0.6 is 34.5 Å². The van der Waals surface area contributed by atoms with E-state index in [-0.39, 0.29) is 18.5 Å². The predicted octanol–water partition coefficient (Wildman–Crippen LogP) is 3.96. The summed E-state index contributed by atoms with van der Waals surface area (Å²) in [6.07, 6.45) is 0.343. The first-order valence-corrected chi connectivity index (χ1v) is 10.8. The van der Waals surface area contributed by atoms with Gasteiger partial charge in [-0.2, -0.15) is 0 Å². The van der Waals surface area contributed by atoms with E-state index in [0.29, 0.717) is 25.8 Å². The number of aromatic nitrogens is 2. The number of benzene rings is 1. The molecule has 0 aliphatic rings. The minimum Gasteiger partial charge on any atom is -0.452 e. The van der Waals surface area contributed by atoms with Gasteiger partial charge in [-0.1, -0.05) is 29.3 Å². The number of nitrogens with one attached hydrogen (secondary N) is 1. The van der Waals surface area contributed by atoms with Crippen LogP contribution in [0.4, 0.5) is 0 Å². The minimum absolute atomic E-state index is 0.0621. The van der Waals surface area contributed by atoms with Crippen molar-refractivity contribution < 1.29 is 14.3 Å². The van der Waals surface area contributed by atoms with Crippen molar-refractivity contribution in [2.24, 2.45) is 0 Å². The zero-order valence-corrected chi connectivity index (χ0v) is 18.6. The molecule has 2 aromatic heterocycles. The lowest BCUT2D eigenvalue weighted by atomic mass is 10.1. The molecular formula is C20H19Cl2N3O4S. The van der Waals surface area contributed by atoms with Crippen LogP contribution < -0.4 is 10.9 Å². The van der Waals surface area contributed by atoms with E-state index in [0.717, 1.165) is 0 Å². The zero-order valence-electron chi connectivity index (χ0n) is 16.2. The average Bonchev–Trinajstić information content (AvgIpc) is 3.17. The van der Waals surface area contributed by atoms with Gasteiger partial charge in [0, 0.05) is 16.6 Å². The number of hydrogen-bond acceptors (Lipinski definition) is 6. The van der Waals surface area contributed by atoms with Crippen molar-refractivity contribution in [1.29, 1.82) is 0 Å². The summed E-state index contributed by atoms with van der Waals surface area (Å²) in [5.74, 6) is -1.05. The number of rotatable bonds is 7. The second kappa shape index (κ2) is 9.59. The monoisotopic (exact) mass is 467 g/mol. The Morgan fingerprint density at radius 1 is 1.27 bits per heavy atom. The van der Waals surface area contributed by atoms with Gasteiger partial charge >= 0.3 is 5.97 Å². The molecule has 7 nitrogen and oxygen atoms in total. The van der Waals surface area contributed by atoms with E-state index in [9.17, 15) is 14.4 Å². The van der Waals surface area contributed by atoms with Crippen molar-refractivity contribution in [3.8, 4) is 0 Å². The number of ether oxygens (including phenoxy) is 1. The first-order chi connectivity index (χ1) is 14.3. The maximum absolute atomic E-state index is 12.4. The number of aryl methyl sites for hydroxylation is 1. The molecule has 3 aromatic rings. The van der Waals surface area contributed by atoms with Crippen LogP contribution in [0.2, 0.25) is 10.0 Å². The number of esters is 1. The lowest BCUT2D eigenvalue weighted by molar-refractivity contribution is -0.155. The van der Waals surface area contributed by atoms with E-state index in [1.807, 2.05) is 0 Å². The normalized spacial score (nSPS) is 13.1. The molecule has 0 saturated carbocycles. The lowest BCUT2D eigenvalue weighted by Gasteiger charge is -2.19. The predicted molar refractivity (Wildman–Crippen MR) is 117 cm³/mol. The number of carbonyl (C=O) groups excluding carboxylic acids is 2. The van der Waals surface area contributed by atoms with Crippen molar-refractivity contribution in [3.05, 3.63) is 61.9 Å². The molecule has 1 N–H and O–H groups in total. The third-order valence-electron chi connectivity index (χ3n) is 4.47. The minimum atomic E-state index is -1.000. The molecule has 0 aliphatic carbocycles. The van der Waals surface area contributed by atoms with Crippen LogP contribution in [-0.2, 0) is 20.9 Å². The first-order valence-electron chi connectivity index (χ1n) is 9.13. The van der Waals surface area contributed by atoms with Gasteiger partial charge in [0.15, 0.2) is 6.10 Å². The number of hydrogen-bond donors (Lipinski definition) is 1. The standard InChI is InChI=1S/C20H19Cl2N3O4S/c1-11(14-4-3-13(21)9-16(14)22)24-18(27)12(2)29-17(26)5-7-25-10-23-19-15(20(25)28)6-8-30-19/h3-4,6,8-12H,5,7H2,1-2H3,(H,24,27). The van der Waals surface area contributed by atoms with E-state index in [1.54, 1.807) is 36.6 Å². The van der Waals surface area contributed by atoms with Crippen LogP contribution in [0.3, 0.4) is 0 Å². The summed E-state index contributed by atoms with van der Waals surface area (Å²) in [4.78, 5) is 41.7. The van der Waals surface area contributed by atoms with Gasteiger partial charge in [0.05, 0.1) is 24.2 Å². The van der Waals surface area contributed by atoms with Gasteiger partial charge in [-0.15, -0.1) is 11.3 Å². The molecule has 0 fully saturated rings. The van der Waals surface area contributed by atoms with Gasteiger partial charge in [-0.3, -0.25) is 19.0 Å². The highest BCUT2D eigenvalue weighted by Crippen LogP contribution is 2.26. The summed E-state index contributed by atoms with van der Waals surface area (Å²) >= 11 is 13.4. The number of fused-ring (bicyclic) bond motifs is 1. The second-order valence-corrected chi connectivity index (χ2v) is 8.40. The molecule has 2 heterocycles. The molecule has 10 heteroatoms. The zero-order chi connectivity index (χ0) is 21.8. The summed E-state index contributed by atoms with van der Waals surface area (Å²) in [7, 11) is 0. The topological polar surface area (TPSA) is 90.3 Å². The summed E-state index contributed by atoms with van der Waals surface area (Å²) in [6.45, 7) is 3.36. The maximum Gasteiger partial charge on any atom is 0.308 e. The first kappa shape index (κ1) is 22.3. The Bertz CT molecular complexity index is 1140. The van der Waals surface area contributed by atoms with E-state index in [1.165, 1.54) is 29.2 Å². The molecule has 0 radical (unpaired) electrons. The largest absolute Gasteiger partial charge is 0.452 e. The van der Waals surface area contributed by atoms with Gasteiger partial charge in [0.25, 0.3) is 11.5 Å². The molecule has 1 amide bonds. The Morgan fingerprint density at radius 2 is 2.03 bits per heavy atom. The van der Waals surface area contributed by atoms with Crippen LogP contribution in [-0.4, -0.2) is 27.5 Å². The van der Waals surface area contributed by atoms with Gasteiger partial charge in [-0.05, 0) is 43.0 Å². The smallest absolute Gasteiger partial charge is 0.308 e. The van der Waals surface area contributed by atoms with Crippen molar-refractivity contribution in [3.63, 3.8) is 0 Å². The average molecular weight is 468 g/mol. The van der Waals surface area contributed by atoms with Crippen LogP contribution in [0.1, 0.15) is 31.9 Å². The number of carbonyl (C=O) groups is 2. The highest BCUT2D eigenvalue weighted by atomic mass is 35.5. The SMILES string of the molecule is CC(OC(=O)CCn1cnc2sccc2c1=O)C(=O)NC(C)c1ccc(Cl)cc1Cl. The third-order valence-corrected chi connectivity index (χ3v) is 5.86. The molecular weight excluding hydrogens is 449 g/mol. The van der Waals surface area contributed by atoms with E-state index < -0.39 is 24.0 Å². The van der Waals surface area contributed by atoms with Crippen molar-refractivity contribution in [2.45, 2.75) is 39.0 Å². The Kier molecular flexibility index (Phi) is 7.12. The molecule has 2 atom stereocenters. The Hall–Kier alpha value is -2.42. The number of amides is 1. The highest BCUT2D eigenvalue weighted by Gasteiger charge is 2.21. The number of thiophene rings is 1. The quantitative estimate of drug-likeness (QED) is 0.530. The Balaban J connectivity index is 1.53. The molecule has 0 bridgehead atoms. The van der Waals surface area contributed by atoms with E-state index in [4.69, 9.17) is 27.9 Å². The summed E-state index contributed by atoms with van der Waals surface area (Å²) < 4.78 is 6.55. The Morgan fingerprint density at radius 3 is 2.77 bits per heavy atom. The fourth-order valence-electron chi connectivity index (χ4n) is 2.84. The van der Waals surface area contributed by atoms with Crippen molar-refractivity contribution in [2.75, 3.05) is 0 Å².